The second kappa shape index (κ2) is 4.89. The fourth-order valence-electron chi connectivity index (χ4n) is 1.31. The van der Waals surface area contributed by atoms with Crippen molar-refractivity contribution in [3.05, 3.63) is 46.6 Å². The van der Waals surface area contributed by atoms with Crippen molar-refractivity contribution in [2.75, 3.05) is 5.73 Å². The minimum Gasteiger partial charge on any atom is -0.397 e. The van der Waals surface area contributed by atoms with Gasteiger partial charge in [0.05, 0.1) is 16.4 Å². The molecule has 82 valence electrons. The molecule has 0 aliphatic rings. The Morgan fingerprint density at radius 1 is 1.31 bits per heavy atom. The largest absolute Gasteiger partial charge is 0.397 e. The number of aryl methyl sites for hydroxylation is 1. The van der Waals surface area contributed by atoms with Crippen LogP contribution in [0.5, 0.6) is 0 Å². The Kier molecular flexibility index (Phi) is 3.51. The molecule has 0 unspecified atom stereocenters. The molecule has 0 bridgehead atoms. The van der Waals surface area contributed by atoms with Gasteiger partial charge in [0.1, 0.15) is 5.03 Å². The minimum absolute atomic E-state index is 0.667. The van der Waals surface area contributed by atoms with Gasteiger partial charge in [0.15, 0.2) is 0 Å². The lowest BCUT2D eigenvalue weighted by Gasteiger charge is -2.04. The smallest absolute Gasteiger partial charge is 0.115 e. The monoisotopic (exact) mass is 294 g/mol. The molecule has 2 N–H and O–H groups in total. The molecule has 0 fully saturated rings. The molecule has 0 spiro atoms. The summed E-state index contributed by atoms with van der Waals surface area (Å²) >= 11 is 5.08. The Morgan fingerprint density at radius 2 is 2.12 bits per heavy atom. The summed E-state index contributed by atoms with van der Waals surface area (Å²) in [4.78, 5) is 5.47. The molecule has 0 amide bonds. The van der Waals surface area contributed by atoms with Gasteiger partial charge < -0.3 is 5.73 Å². The third-order valence-electron chi connectivity index (χ3n) is 2.03. The number of nitrogens with two attached hydrogens (primary N) is 1. The lowest BCUT2D eigenvalue weighted by atomic mass is 10.2. The average Bonchev–Trinajstić information content (AvgIpc) is 2.22. The molecule has 2 aromatic rings. The van der Waals surface area contributed by atoms with Crippen molar-refractivity contribution in [1.82, 2.24) is 4.98 Å². The van der Waals surface area contributed by atoms with Crippen LogP contribution in [0.3, 0.4) is 0 Å². The zero-order valence-corrected chi connectivity index (χ0v) is 11.2. The van der Waals surface area contributed by atoms with Gasteiger partial charge in [0.2, 0.25) is 0 Å². The summed E-state index contributed by atoms with van der Waals surface area (Å²) in [5.74, 6) is 0. The van der Waals surface area contributed by atoms with E-state index in [1.807, 2.05) is 12.1 Å². The van der Waals surface area contributed by atoms with E-state index in [9.17, 15) is 0 Å². The van der Waals surface area contributed by atoms with Gasteiger partial charge >= 0.3 is 0 Å². The first-order valence-electron chi connectivity index (χ1n) is 4.81. The Bertz CT molecular complexity index is 514. The summed E-state index contributed by atoms with van der Waals surface area (Å²) in [5, 5.41) is 0.930. The number of nitrogens with zero attached hydrogens (tertiary/aromatic N) is 1. The van der Waals surface area contributed by atoms with E-state index in [-0.39, 0.29) is 0 Å². The number of anilines is 1. The predicted octanol–water partition coefficient (Wildman–Crippen LogP) is 3.89. The van der Waals surface area contributed by atoms with Crippen molar-refractivity contribution in [3.8, 4) is 0 Å². The highest BCUT2D eigenvalue weighted by Gasteiger charge is 2.04. The van der Waals surface area contributed by atoms with Crippen LogP contribution in [0, 0.1) is 6.92 Å². The van der Waals surface area contributed by atoms with Crippen LogP contribution in [0.2, 0.25) is 0 Å². The van der Waals surface area contributed by atoms with Gasteiger partial charge in [-0.1, -0.05) is 29.5 Å². The maximum atomic E-state index is 5.64. The molecule has 1 aromatic carbocycles. The van der Waals surface area contributed by atoms with Gasteiger partial charge in [0, 0.05) is 4.90 Å². The topological polar surface area (TPSA) is 38.9 Å². The Morgan fingerprint density at radius 3 is 2.81 bits per heavy atom. The standard InChI is InChI=1S/C12H11BrN2S/c1-8-3-2-4-10(5-8)16-12-11(13)6-9(14)7-15-12/h2-7H,14H2,1H3. The van der Waals surface area contributed by atoms with Crippen LogP contribution >= 0.6 is 27.7 Å². The molecule has 1 aromatic heterocycles. The summed E-state index contributed by atoms with van der Waals surface area (Å²) < 4.78 is 0.930. The van der Waals surface area contributed by atoms with Crippen molar-refractivity contribution in [2.45, 2.75) is 16.8 Å². The van der Waals surface area contributed by atoms with Crippen LogP contribution in [-0.4, -0.2) is 4.98 Å². The summed E-state index contributed by atoms with van der Waals surface area (Å²) in [6, 6.07) is 10.2. The van der Waals surface area contributed by atoms with Crippen LogP contribution < -0.4 is 5.73 Å². The number of rotatable bonds is 2. The normalized spacial score (nSPS) is 10.4. The highest BCUT2D eigenvalue weighted by Crippen LogP contribution is 2.32. The SMILES string of the molecule is Cc1cccc(Sc2ncc(N)cc2Br)c1. The van der Waals surface area contributed by atoms with Crippen LogP contribution in [-0.2, 0) is 0 Å². The number of hydrogen-bond donors (Lipinski definition) is 1. The third kappa shape index (κ3) is 2.77. The van der Waals surface area contributed by atoms with Crippen LogP contribution in [0.4, 0.5) is 5.69 Å². The highest BCUT2D eigenvalue weighted by atomic mass is 79.9. The maximum absolute atomic E-state index is 5.64. The Labute approximate surface area is 107 Å². The highest BCUT2D eigenvalue weighted by molar-refractivity contribution is 9.10. The van der Waals surface area contributed by atoms with E-state index < -0.39 is 0 Å². The van der Waals surface area contributed by atoms with E-state index in [4.69, 9.17) is 5.73 Å². The van der Waals surface area contributed by atoms with Gasteiger partial charge in [-0.2, -0.15) is 0 Å². The van der Waals surface area contributed by atoms with Crippen molar-refractivity contribution < 1.29 is 0 Å². The maximum Gasteiger partial charge on any atom is 0.115 e. The molecular weight excluding hydrogens is 284 g/mol. The lowest BCUT2D eigenvalue weighted by molar-refractivity contribution is 1.11. The van der Waals surface area contributed by atoms with Crippen molar-refractivity contribution in [1.29, 1.82) is 0 Å². The molecule has 2 nitrogen and oxygen atoms in total. The molecule has 0 atom stereocenters. The fourth-order valence-corrected chi connectivity index (χ4v) is 2.79. The number of benzene rings is 1. The first kappa shape index (κ1) is 11.5. The molecule has 0 saturated carbocycles. The van der Waals surface area contributed by atoms with Crippen LogP contribution in [0.15, 0.2) is 50.9 Å². The minimum atomic E-state index is 0.667. The summed E-state index contributed by atoms with van der Waals surface area (Å²) in [6.45, 7) is 2.08. The number of aromatic nitrogens is 1. The van der Waals surface area contributed by atoms with Crippen molar-refractivity contribution in [2.24, 2.45) is 0 Å². The van der Waals surface area contributed by atoms with E-state index in [0.29, 0.717) is 5.69 Å². The van der Waals surface area contributed by atoms with Crippen LogP contribution in [0.25, 0.3) is 0 Å². The molecule has 2 rings (SSSR count). The predicted molar refractivity (Wildman–Crippen MR) is 71.7 cm³/mol. The number of halogens is 1. The second-order valence-electron chi connectivity index (χ2n) is 3.47. The number of pyridine rings is 1. The molecule has 16 heavy (non-hydrogen) atoms. The van der Waals surface area contributed by atoms with Gasteiger partial charge in [0.25, 0.3) is 0 Å². The van der Waals surface area contributed by atoms with Crippen molar-refractivity contribution in [3.63, 3.8) is 0 Å². The molecule has 0 saturated heterocycles. The lowest BCUT2D eigenvalue weighted by Crippen LogP contribution is -1.88. The Balaban J connectivity index is 2.27. The van der Waals surface area contributed by atoms with E-state index in [1.165, 1.54) is 10.5 Å². The van der Waals surface area contributed by atoms with E-state index in [0.717, 1.165) is 9.50 Å². The zero-order valence-electron chi connectivity index (χ0n) is 8.77. The molecule has 0 aliphatic carbocycles. The molecule has 1 heterocycles. The summed E-state index contributed by atoms with van der Waals surface area (Å²) in [6.07, 6.45) is 1.67. The number of hydrogen-bond acceptors (Lipinski definition) is 3. The summed E-state index contributed by atoms with van der Waals surface area (Å²) in [7, 11) is 0. The van der Waals surface area contributed by atoms with E-state index in [1.54, 1.807) is 18.0 Å². The summed E-state index contributed by atoms with van der Waals surface area (Å²) in [5.41, 5.74) is 7.56. The number of nitrogen functional groups attached to an aromatic ring is 1. The zero-order chi connectivity index (χ0) is 11.5. The first-order chi connectivity index (χ1) is 7.65. The van der Waals surface area contributed by atoms with Gasteiger partial charge in [-0.15, -0.1) is 0 Å². The first-order valence-corrected chi connectivity index (χ1v) is 6.41. The molecule has 0 radical (unpaired) electrons. The quantitative estimate of drug-likeness (QED) is 0.913. The van der Waals surface area contributed by atoms with Gasteiger partial charge in [-0.3, -0.25) is 0 Å². The van der Waals surface area contributed by atoms with Gasteiger partial charge in [-0.25, -0.2) is 4.98 Å². The molecule has 0 aliphatic heterocycles. The third-order valence-corrected chi connectivity index (χ3v) is 3.91. The van der Waals surface area contributed by atoms with Gasteiger partial charge in [-0.05, 0) is 41.1 Å². The van der Waals surface area contributed by atoms with Crippen LogP contribution in [0.1, 0.15) is 5.56 Å². The van der Waals surface area contributed by atoms with Crippen molar-refractivity contribution >= 4 is 33.4 Å². The molecular formula is C12H11BrN2S. The van der Waals surface area contributed by atoms with E-state index >= 15 is 0 Å². The van der Waals surface area contributed by atoms with E-state index in [2.05, 4.69) is 46.0 Å². The second-order valence-corrected chi connectivity index (χ2v) is 5.39. The fraction of sp³-hybridized carbons (Fsp3) is 0.0833. The Hall–Kier alpha value is -1.00. The average molecular weight is 295 g/mol. The molecule has 4 heteroatoms.